The minimum absolute atomic E-state index is 0.0335. The summed E-state index contributed by atoms with van der Waals surface area (Å²) in [5, 5.41) is 9.27. The summed E-state index contributed by atoms with van der Waals surface area (Å²) in [4.78, 5) is 16.6. The Balaban J connectivity index is 1.98. The molecule has 0 radical (unpaired) electrons. The minimum atomic E-state index is -0.0335. The normalized spacial score (nSPS) is 10.4. The number of amides is 1. The lowest BCUT2D eigenvalue weighted by atomic mass is 10.1. The molecule has 4 nitrogen and oxygen atoms in total. The number of anilines is 1. The second-order valence-corrected chi connectivity index (χ2v) is 5.89. The van der Waals surface area contributed by atoms with Crippen LogP contribution in [0.1, 0.15) is 34.3 Å². The van der Waals surface area contributed by atoms with Crippen LogP contribution < -0.4 is 10.6 Å². The third-order valence-corrected chi connectivity index (χ3v) is 3.93. The summed E-state index contributed by atoms with van der Waals surface area (Å²) in [5.41, 5.74) is 2.69. The fourth-order valence-corrected chi connectivity index (χ4v) is 2.63. The van der Waals surface area contributed by atoms with Gasteiger partial charge in [0.2, 0.25) is 0 Å². The van der Waals surface area contributed by atoms with E-state index in [0.717, 1.165) is 35.6 Å². The molecule has 112 valence electrons. The van der Waals surface area contributed by atoms with Gasteiger partial charge in [-0.15, -0.1) is 11.3 Å². The van der Waals surface area contributed by atoms with Crippen molar-refractivity contribution < 1.29 is 4.79 Å². The lowest BCUT2D eigenvalue weighted by molar-refractivity contribution is 0.0955. The Hall–Kier alpha value is -1.88. The van der Waals surface area contributed by atoms with Crippen molar-refractivity contribution in [2.45, 2.75) is 26.7 Å². The van der Waals surface area contributed by atoms with E-state index in [0.29, 0.717) is 12.1 Å². The smallest absolute Gasteiger partial charge is 0.253 e. The topological polar surface area (TPSA) is 54.0 Å². The van der Waals surface area contributed by atoms with Crippen LogP contribution >= 0.6 is 11.3 Å². The van der Waals surface area contributed by atoms with Crippen molar-refractivity contribution in [2.24, 2.45) is 0 Å². The third-order valence-electron chi connectivity index (χ3n) is 3.09. The van der Waals surface area contributed by atoms with Gasteiger partial charge in [-0.05, 0) is 25.5 Å². The van der Waals surface area contributed by atoms with Gasteiger partial charge in [0.05, 0.1) is 10.6 Å². The number of carbonyl (C=O) groups excluding carboxylic acids is 1. The molecular formula is C16H21N3OS. The van der Waals surface area contributed by atoms with Crippen molar-refractivity contribution in [3.05, 3.63) is 45.9 Å². The summed E-state index contributed by atoms with van der Waals surface area (Å²) in [5.74, 6) is -0.0335. The number of thiazole rings is 1. The SMILES string of the molecule is CCCNc1ccc(C)cc1C(=O)NCCc1nccs1. The van der Waals surface area contributed by atoms with Crippen LogP contribution in [-0.2, 0) is 6.42 Å². The number of carbonyl (C=O) groups is 1. The lowest BCUT2D eigenvalue weighted by Crippen LogP contribution is -2.26. The second kappa shape index (κ2) is 7.78. The number of rotatable bonds is 7. The molecule has 0 aliphatic heterocycles. The molecule has 0 fully saturated rings. The fraction of sp³-hybridized carbons (Fsp3) is 0.375. The molecular weight excluding hydrogens is 282 g/mol. The number of hydrogen-bond acceptors (Lipinski definition) is 4. The van der Waals surface area contributed by atoms with E-state index in [4.69, 9.17) is 0 Å². The highest BCUT2D eigenvalue weighted by Gasteiger charge is 2.11. The number of benzene rings is 1. The third kappa shape index (κ3) is 4.56. The van der Waals surface area contributed by atoms with Gasteiger partial charge in [-0.3, -0.25) is 4.79 Å². The average Bonchev–Trinajstić information content (AvgIpc) is 2.99. The first-order valence-corrected chi connectivity index (χ1v) is 8.09. The van der Waals surface area contributed by atoms with E-state index in [-0.39, 0.29) is 5.91 Å². The average molecular weight is 303 g/mol. The van der Waals surface area contributed by atoms with Crippen LogP contribution in [0.25, 0.3) is 0 Å². The van der Waals surface area contributed by atoms with Crippen molar-refractivity contribution in [1.29, 1.82) is 0 Å². The van der Waals surface area contributed by atoms with E-state index >= 15 is 0 Å². The zero-order valence-electron chi connectivity index (χ0n) is 12.5. The number of aryl methyl sites for hydroxylation is 1. The first-order chi connectivity index (χ1) is 10.2. The van der Waals surface area contributed by atoms with Crippen molar-refractivity contribution >= 4 is 22.9 Å². The molecule has 1 aromatic heterocycles. The number of nitrogens with one attached hydrogen (secondary N) is 2. The highest BCUT2D eigenvalue weighted by Crippen LogP contribution is 2.17. The molecule has 1 aromatic carbocycles. The van der Waals surface area contributed by atoms with Crippen molar-refractivity contribution in [3.63, 3.8) is 0 Å². The minimum Gasteiger partial charge on any atom is -0.384 e. The van der Waals surface area contributed by atoms with Gasteiger partial charge < -0.3 is 10.6 Å². The van der Waals surface area contributed by atoms with Gasteiger partial charge >= 0.3 is 0 Å². The van der Waals surface area contributed by atoms with Crippen molar-refractivity contribution in [3.8, 4) is 0 Å². The standard InChI is InChI=1S/C16H21N3OS/c1-3-7-17-14-5-4-12(2)11-13(14)16(20)19-8-6-15-18-9-10-21-15/h4-5,9-11,17H,3,6-8H2,1-2H3,(H,19,20). The first kappa shape index (κ1) is 15.5. The molecule has 5 heteroatoms. The lowest BCUT2D eigenvalue weighted by Gasteiger charge is -2.12. The zero-order chi connectivity index (χ0) is 15.1. The molecule has 2 aromatic rings. The Bertz CT molecular complexity index is 581. The Morgan fingerprint density at radius 2 is 2.19 bits per heavy atom. The van der Waals surface area contributed by atoms with E-state index < -0.39 is 0 Å². The molecule has 2 rings (SSSR count). The molecule has 1 heterocycles. The van der Waals surface area contributed by atoms with Crippen LogP contribution in [0.5, 0.6) is 0 Å². The van der Waals surface area contributed by atoms with E-state index in [9.17, 15) is 4.79 Å². The van der Waals surface area contributed by atoms with E-state index in [1.54, 1.807) is 17.5 Å². The number of hydrogen-bond donors (Lipinski definition) is 2. The molecule has 21 heavy (non-hydrogen) atoms. The van der Waals surface area contributed by atoms with Crippen LogP contribution in [0, 0.1) is 6.92 Å². The van der Waals surface area contributed by atoms with Crippen LogP contribution in [0.15, 0.2) is 29.8 Å². The molecule has 0 saturated carbocycles. The summed E-state index contributed by atoms with van der Waals surface area (Å²) in [6.07, 6.45) is 3.58. The monoisotopic (exact) mass is 303 g/mol. The Morgan fingerprint density at radius 3 is 2.90 bits per heavy atom. The van der Waals surface area contributed by atoms with Crippen LogP contribution in [-0.4, -0.2) is 24.0 Å². The Labute approximate surface area is 129 Å². The molecule has 0 atom stereocenters. The highest BCUT2D eigenvalue weighted by atomic mass is 32.1. The molecule has 0 unspecified atom stereocenters. The molecule has 2 N–H and O–H groups in total. The first-order valence-electron chi connectivity index (χ1n) is 7.21. The van der Waals surface area contributed by atoms with Gasteiger partial charge in [0, 0.05) is 36.8 Å². The maximum absolute atomic E-state index is 12.3. The van der Waals surface area contributed by atoms with Gasteiger partial charge in [0.15, 0.2) is 0 Å². The predicted octanol–water partition coefficient (Wildman–Crippen LogP) is 3.25. The van der Waals surface area contributed by atoms with Crippen molar-refractivity contribution in [2.75, 3.05) is 18.4 Å². The van der Waals surface area contributed by atoms with Gasteiger partial charge in [-0.1, -0.05) is 18.6 Å². The van der Waals surface area contributed by atoms with Crippen LogP contribution in [0.4, 0.5) is 5.69 Å². The van der Waals surface area contributed by atoms with Gasteiger partial charge in [-0.25, -0.2) is 4.98 Å². The Morgan fingerprint density at radius 1 is 1.33 bits per heavy atom. The molecule has 0 aliphatic carbocycles. The fourth-order valence-electron chi connectivity index (χ4n) is 2.01. The van der Waals surface area contributed by atoms with Crippen molar-refractivity contribution in [1.82, 2.24) is 10.3 Å². The molecule has 1 amide bonds. The molecule has 0 saturated heterocycles. The van der Waals surface area contributed by atoms with Crippen LogP contribution in [0.2, 0.25) is 0 Å². The molecule has 0 bridgehead atoms. The highest BCUT2D eigenvalue weighted by molar-refractivity contribution is 7.09. The van der Waals surface area contributed by atoms with E-state index in [1.807, 2.05) is 30.5 Å². The Kier molecular flexibility index (Phi) is 5.75. The quantitative estimate of drug-likeness (QED) is 0.825. The summed E-state index contributed by atoms with van der Waals surface area (Å²) in [6.45, 7) is 5.57. The summed E-state index contributed by atoms with van der Waals surface area (Å²) >= 11 is 1.61. The maximum atomic E-state index is 12.3. The summed E-state index contributed by atoms with van der Waals surface area (Å²) in [7, 11) is 0. The predicted molar refractivity (Wildman–Crippen MR) is 88.1 cm³/mol. The summed E-state index contributed by atoms with van der Waals surface area (Å²) in [6, 6.07) is 5.92. The van der Waals surface area contributed by atoms with Gasteiger partial charge in [-0.2, -0.15) is 0 Å². The summed E-state index contributed by atoms with van der Waals surface area (Å²) < 4.78 is 0. The number of nitrogens with zero attached hydrogens (tertiary/aromatic N) is 1. The van der Waals surface area contributed by atoms with Crippen LogP contribution in [0.3, 0.4) is 0 Å². The zero-order valence-corrected chi connectivity index (χ0v) is 13.3. The van der Waals surface area contributed by atoms with Gasteiger partial charge in [0.1, 0.15) is 0 Å². The van der Waals surface area contributed by atoms with E-state index in [2.05, 4.69) is 22.5 Å². The molecule has 0 aliphatic rings. The van der Waals surface area contributed by atoms with E-state index in [1.165, 1.54) is 0 Å². The second-order valence-electron chi connectivity index (χ2n) is 4.91. The number of aromatic nitrogens is 1. The molecule has 0 spiro atoms. The maximum Gasteiger partial charge on any atom is 0.253 e. The largest absolute Gasteiger partial charge is 0.384 e. The van der Waals surface area contributed by atoms with Gasteiger partial charge in [0.25, 0.3) is 5.91 Å².